The van der Waals surface area contributed by atoms with E-state index in [9.17, 15) is 0 Å². The smallest absolute Gasteiger partial charge is 0.122 e. The molecule has 0 saturated carbocycles. The molecule has 0 aliphatic carbocycles. The van der Waals surface area contributed by atoms with Crippen molar-refractivity contribution in [1.82, 2.24) is 18.7 Å². The van der Waals surface area contributed by atoms with Crippen molar-refractivity contribution in [2.75, 3.05) is 0 Å². The molecule has 2 aromatic heterocycles. The zero-order valence-electron chi connectivity index (χ0n) is 24.5. The Hall–Kier alpha value is -0.660. The molecule has 2 heterocycles. The third-order valence-electron chi connectivity index (χ3n) is 7.91. The Labute approximate surface area is 258 Å². The maximum absolute atomic E-state index is 5.20. The van der Waals surface area contributed by atoms with Gasteiger partial charge in [-0.3, -0.25) is 0 Å². The van der Waals surface area contributed by atoms with Crippen molar-refractivity contribution in [3.8, 4) is 0 Å². The van der Waals surface area contributed by atoms with Crippen molar-refractivity contribution in [1.29, 1.82) is 0 Å². The third kappa shape index (κ3) is 10.9. The van der Waals surface area contributed by atoms with E-state index in [-0.39, 0.29) is 0 Å². The van der Waals surface area contributed by atoms with Crippen molar-refractivity contribution in [3.63, 3.8) is 0 Å². The topological polar surface area (TPSA) is 51.6 Å². The SMILES string of the molecule is CCCCCCCCCCCCc1nc2c(Br)c3nsnc3c(Br)c2nc1CCCCCCCCCCCC. The van der Waals surface area contributed by atoms with E-state index < -0.39 is 0 Å². The number of aromatic nitrogens is 4. The monoisotopic (exact) mass is 680 g/mol. The first-order valence-electron chi connectivity index (χ1n) is 16.0. The van der Waals surface area contributed by atoms with Crippen LogP contribution in [-0.4, -0.2) is 18.7 Å². The van der Waals surface area contributed by atoms with Gasteiger partial charge in [0.1, 0.15) is 22.1 Å². The number of rotatable bonds is 22. The Bertz CT molecular complexity index is 1020. The van der Waals surface area contributed by atoms with Crippen LogP contribution in [0.15, 0.2) is 8.95 Å². The quantitative estimate of drug-likeness (QED) is 0.0990. The number of hydrogen-bond acceptors (Lipinski definition) is 5. The molecule has 4 nitrogen and oxygen atoms in total. The fraction of sp³-hybridized carbons (Fsp3) is 0.750. The van der Waals surface area contributed by atoms with Crippen LogP contribution in [0.1, 0.15) is 154 Å². The fourth-order valence-corrected chi connectivity index (χ4v) is 7.37. The minimum atomic E-state index is 0.876. The molecule has 218 valence electrons. The van der Waals surface area contributed by atoms with E-state index in [0.717, 1.165) is 43.9 Å². The molecule has 3 aromatic rings. The molecule has 0 aliphatic heterocycles. The highest BCUT2D eigenvalue weighted by atomic mass is 79.9. The lowest BCUT2D eigenvalue weighted by Crippen LogP contribution is -2.05. The lowest BCUT2D eigenvalue weighted by molar-refractivity contribution is 0.551. The van der Waals surface area contributed by atoms with E-state index in [1.165, 1.54) is 152 Å². The van der Waals surface area contributed by atoms with Crippen LogP contribution in [-0.2, 0) is 12.8 Å². The van der Waals surface area contributed by atoms with Crippen LogP contribution in [0.3, 0.4) is 0 Å². The maximum atomic E-state index is 5.20. The number of halogens is 2. The summed E-state index contributed by atoms with van der Waals surface area (Å²) in [5.74, 6) is 0. The zero-order valence-corrected chi connectivity index (χ0v) is 28.5. The molecule has 1 aromatic carbocycles. The molecule has 0 unspecified atom stereocenters. The van der Waals surface area contributed by atoms with Gasteiger partial charge in [-0.25, -0.2) is 9.97 Å². The predicted molar refractivity (Wildman–Crippen MR) is 177 cm³/mol. The normalized spacial score (nSPS) is 11.8. The molecule has 0 radical (unpaired) electrons. The summed E-state index contributed by atoms with van der Waals surface area (Å²) < 4.78 is 10.8. The molecule has 0 bridgehead atoms. The standard InChI is InChI=1S/C32H50Br2N4S/c1-3-5-7-9-11-13-15-17-19-21-23-25-26(24-22-20-18-16-14-12-10-8-6-4-2)36-30-28(34)32-31(37-39-38-32)27(33)29(30)35-25/h3-24H2,1-2H3. The van der Waals surface area contributed by atoms with Crippen molar-refractivity contribution < 1.29 is 0 Å². The van der Waals surface area contributed by atoms with Crippen LogP contribution in [0.5, 0.6) is 0 Å². The van der Waals surface area contributed by atoms with Gasteiger partial charge in [0, 0.05) is 0 Å². The van der Waals surface area contributed by atoms with Gasteiger partial charge >= 0.3 is 0 Å². The zero-order chi connectivity index (χ0) is 27.7. The highest BCUT2D eigenvalue weighted by molar-refractivity contribution is 9.11. The molecule has 0 saturated heterocycles. The van der Waals surface area contributed by atoms with E-state index in [0.29, 0.717) is 0 Å². The summed E-state index contributed by atoms with van der Waals surface area (Å²) in [5.41, 5.74) is 5.95. The summed E-state index contributed by atoms with van der Waals surface area (Å²) in [7, 11) is 0. The van der Waals surface area contributed by atoms with E-state index in [2.05, 4.69) is 54.5 Å². The first-order valence-corrected chi connectivity index (χ1v) is 18.3. The number of unbranched alkanes of at least 4 members (excludes halogenated alkanes) is 18. The summed E-state index contributed by atoms with van der Waals surface area (Å²) in [4.78, 5) is 10.4. The van der Waals surface area contributed by atoms with E-state index in [1.807, 2.05) is 0 Å². The van der Waals surface area contributed by atoms with Gasteiger partial charge in [0.05, 0.1) is 32.1 Å². The first-order chi connectivity index (χ1) is 19.2. The summed E-state index contributed by atoms with van der Waals surface area (Å²) in [6, 6.07) is 0. The molecule has 0 N–H and O–H groups in total. The second kappa shape index (κ2) is 19.5. The van der Waals surface area contributed by atoms with E-state index in [1.54, 1.807) is 0 Å². The number of aryl methyl sites for hydroxylation is 2. The van der Waals surface area contributed by atoms with Gasteiger partial charge in [-0.1, -0.05) is 129 Å². The average molecular weight is 683 g/mol. The first kappa shape index (κ1) is 32.8. The molecule has 7 heteroatoms. The minimum absolute atomic E-state index is 0.876. The van der Waals surface area contributed by atoms with Gasteiger partial charge in [-0.2, -0.15) is 8.75 Å². The number of hydrogen-bond donors (Lipinski definition) is 0. The second-order valence-corrected chi connectivity index (χ2v) is 13.4. The Morgan fingerprint density at radius 3 is 1.08 bits per heavy atom. The molecular formula is C32H50Br2N4S. The lowest BCUT2D eigenvalue weighted by atomic mass is 10.0. The van der Waals surface area contributed by atoms with Crippen LogP contribution >= 0.6 is 43.6 Å². The van der Waals surface area contributed by atoms with Gasteiger partial charge in [-0.05, 0) is 57.5 Å². The molecule has 0 atom stereocenters. The summed E-state index contributed by atoms with van der Waals surface area (Å²) in [6.07, 6.45) is 29.1. The highest BCUT2D eigenvalue weighted by Crippen LogP contribution is 2.37. The van der Waals surface area contributed by atoms with Gasteiger partial charge < -0.3 is 0 Å². The van der Waals surface area contributed by atoms with Crippen LogP contribution in [0.4, 0.5) is 0 Å². The summed E-state index contributed by atoms with van der Waals surface area (Å²) in [5, 5.41) is 0. The molecule has 39 heavy (non-hydrogen) atoms. The minimum Gasteiger partial charge on any atom is -0.248 e. The van der Waals surface area contributed by atoms with Crippen molar-refractivity contribution in [3.05, 3.63) is 20.3 Å². The Morgan fingerprint density at radius 2 is 0.744 bits per heavy atom. The fourth-order valence-electron chi connectivity index (χ4n) is 5.47. The molecule has 0 amide bonds. The van der Waals surface area contributed by atoms with Crippen LogP contribution < -0.4 is 0 Å². The van der Waals surface area contributed by atoms with Crippen molar-refractivity contribution in [2.45, 2.75) is 155 Å². The Morgan fingerprint density at radius 1 is 0.436 bits per heavy atom. The average Bonchev–Trinajstić information content (AvgIpc) is 3.44. The third-order valence-corrected chi connectivity index (χ3v) is 9.94. The molecule has 3 rings (SSSR count). The van der Waals surface area contributed by atoms with Crippen molar-refractivity contribution >= 4 is 65.7 Å². The Balaban J connectivity index is 1.54. The highest BCUT2D eigenvalue weighted by Gasteiger charge is 2.19. The van der Waals surface area contributed by atoms with Gasteiger partial charge in [0.25, 0.3) is 0 Å². The number of fused-ring (bicyclic) bond motifs is 2. The van der Waals surface area contributed by atoms with Crippen LogP contribution in [0, 0.1) is 0 Å². The van der Waals surface area contributed by atoms with Crippen LogP contribution in [0.2, 0.25) is 0 Å². The van der Waals surface area contributed by atoms with E-state index in [4.69, 9.17) is 9.97 Å². The molecule has 0 fully saturated rings. The predicted octanol–water partition coefficient (Wildman–Crippen LogP) is 12.1. The number of nitrogens with zero attached hydrogens (tertiary/aromatic N) is 4. The maximum Gasteiger partial charge on any atom is 0.122 e. The Kier molecular flexibility index (Phi) is 16.4. The summed E-state index contributed by atoms with van der Waals surface area (Å²) in [6.45, 7) is 4.58. The molecular weight excluding hydrogens is 632 g/mol. The van der Waals surface area contributed by atoms with E-state index >= 15 is 0 Å². The van der Waals surface area contributed by atoms with Crippen LogP contribution in [0.25, 0.3) is 22.1 Å². The molecule has 0 aliphatic rings. The van der Waals surface area contributed by atoms with Gasteiger partial charge in [0.2, 0.25) is 0 Å². The van der Waals surface area contributed by atoms with Crippen molar-refractivity contribution in [2.24, 2.45) is 0 Å². The van der Waals surface area contributed by atoms with Gasteiger partial charge in [-0.15, -0.1) is 0 Å². The largest absolute Gasteiger partial charge is 0.248 e. The second-order valence-electron chi connectivity index (χ2n) is 11.3. The number of benzene rings is 1. The van der Waals surface area contributed by atoms with Gasteiger partial charge in [0.15, 0.2) is 0 Å². The summed E-state index contributed by atoms with van der Waals surface area (Å²) >= 11 is 8.79. The lowest BCUT2D eigenvalue weighted by Gasteiger charge is -2.12. The molecule has 0 spiro atoms.